The minimum absolute atomic E-state index is 0.198. The minimum atomic E-state index is -0.198. The number of aliphatic hydroxyl groups is 1. The molecule has 3 nitrogen and oxygen atoms in total. The van der Waals surface area contributed by atoms with Gasteiger partial charge in [-0.15, -0.1) is 0 Å². The lowest BCUT2D eigenvalue weighted by molar-refractivity contribution is 0.0259. The van der Waals surface area contributed by atoms with Gasteiger partial charge in [-0.2, -0.15) is 0 Å². The molecular formula is C13H19BrN2O. The fourth-order valence-corrected chi connectivity index (χ4v) is 2.45. The van der Waals surface area contributed by atoms with Crippen molar-refractivity contribution in [2.75, 3.05) is 18.8 Å². The molecule has 0 bridgehead atoms. The number of piperidine rings is 1. The number of rotatable bonds is 2. The van der Waals surface area contributed by atoms with E-state index in [0.29, 0.717) is 5.92 Å². The van der Waals surface area contributed by atoms with E-state index < -0.39 is 0 Å². The predicted molar refractivity (Wildman–Crippen MR) is 73.6 cm³/mol. The topological polar surface area (TPSA) is 49.5 Å². The molecule has 2 atom stereocenters. The lowest BCUT2D eigenvalue weighted by atomic mass is 9.96. The SMILES string of the molecule is CC1CCN(Cc2ccc(Br)c(N)c2)CC1O. The number of benzene rings is 1. The number of nitrogen functional groups attached to an aromatic ring is 1. The van der Waals surface area contributed by atoms with Gasteiger partial charge >= 0.3 is 0 Å². The number of halogens is 1. The molecule has 1 fully saturated rings. The van der Waals surface area contributed by atoms with Crippen LogP contribution < -0.4 is 5.73 Å². The normalized spacial score (nSPS) is 26.1. The third-order valence-corrected chi connectivity index (χ3v) is 4.19. The van der Waals surface area contributed by atoms with Crippen molar-refractivity contribution in [1.82, 2.24) is 4.90 Å². The molecule has 3 N–H and O–H groups in total. The predicted octanol–water partition coefficient (Wildman–Crippen LogP) is 2.23. The fourth-order valence-electron chi connectivity index (χ4n) is 2.21. The summed E-state index contributed by atoms with van der Waals surface area (Å²) in [7, 11) is 0. The average Bonchev–Trinajstić information content (AvgIpc) is 2.29. The molecule has 0 amide bonds. The van der Waals surface area contributed by atoms with Gasteiger partial charge in [-0.25, -0.2) is 0 Å². The molecule has 2 rings (SSSR count). The Kier molecular flexibility index (Phi) is 4.07. The van der Waals surface area contributed by atoms with Crippen LogP contribution >= 0.6 is 15.9 Å². The zero-order valence-corrected chi connectivity index (χ0v) is 11.7. The molecular weight excluding hydrogens is 280 g/mol. The second-order valence-electron chi connectivity index (χ2n) is 4.92. The number of hydrogen-bond acceptors (Lipinski definition) is 3. The number of aliphatic hydroxyl groups excluding tert-OH is 1. The third kappa shape index (κ3) is 3.21. The van der Waals surface area contributed by atoms with Crippen molar-refractivity contribution in [3.8, 4) is 0 Å². The second-order valence-corrected chi connectivity index (χ2v) is 5.78. The molecule has 4 heteroatoms. The number of hydrogen-bond donors (Lipinski definition) is 2. The Morgan fingerprint density at radius 1 is 1.53 bits per heavy atom. The van der Waals surface area contributed by atoms with Gasteiger partial charge in [0.15, 0.2) is 0 Å². The van der Waals surface area contributed by atoms with Gasteiger partial charge in [-0.05, 0) is 52.5 Å². The quantitative estimate of drug-likeness (QED) is 0.823. The highest BCUT2D eigenvalue weighted by molar-refractivity contribution is 9.10. The first kappa shape index (κ1) is 12.9. The Morgan fingerprint density at radius 2 is 2.29 bits per heavy atom. The highest BCUT2D eigenvalue weighted by atomic mass is 79.9. The van der Waals surface area contributed by atoms with E-state index in [0.717, 1.165) is 36.2 Å². The number of anilines is 1. The summed E-state index contributed by atoms with van der Waals surface area (Å²) in [4.78, 5) is 2.29. The van der Waals surface area contributed by atoms with Crippen LogP contribution in [0.3, 0.4) is 0 Å². The van der Waals surface area contributed by atoms with Gasteiger partial charge in [0.25, 0.3) is 0 Å². The minimum Gasteiger partial charge on any atom is -0.398 e. The number of nitrogens with two attached hydrogens (primary N) is 1. The summed E-state index contributed by atoms with van der Waals surface area (Å²) in [6.45, 7) is 4.78. The molecule has 1 aromatic rings. The molecule has 0 saturated carbocycles. The van der Waals surface area contributed by atoms with E-state index >= 15 is 0 Å². The van der Waals surface area contributed by atoms with Crippen molar-refractivity contribution in [2.24, 2.45) is 5.92 Å². The molecule has 17 heavy (non-hydrogen) atoms. The summed E-state index contributed by atoms with van der Waals surface area (Å²) in [5, 5.41) is 9.85. The molecule has 0 aromatic heterocycles. The first-order valence-corrected chi connectivity index (χ1v) is 6.80. The van der Waals surface area contributed by atoms with Crippen LogP contribution in [0.1, 0.15) is 18.9 Å². The van der Waals surface area contributed by atoms with Gasteiger partial charge in [0.05, 0.1) is 6.10 Å². The first-order chi connectivity index (χ1) is 8.06. The molecule has 1 aromatic carbocycles. The highest BCUT2D eigenvalue weighted by Crippen LogP contribution is 2.23. The molecule has 1 saturated heterocycles. The van der Waals surface area contributed by atoms with Crippen molar-refractivity contribution in [3.05, 3.63) is 28.2 Å². The average molecular weight is 299 g/mol. The highest BCUT2D eigenvalue weighted by Gasteiger charge is 2.23. The Morgan fingerprint density at radius 3 is 2.94 bits per heavy atom. The molecule has 94 valence electrons. The van der Waals surface area contributed by atoms with Crippen molar-refractivity contribution in [3.63, 3.8) is 0 Å². The molecule has 0 radical (unpaired) electrons. The van der Waals surface area contributed by atoms with Gasteiger partial charge in [0, 0.05) is 23.2 Å². The van der Waals surface area contributed by atoms with E-state index in [9.17, 15) is 5.11 Å². The first-order valence-electron chi connectivity index (χ1n) is 6.00. The molecule has 0 aliphatic carbocycles. The maximum Gasteiger partial charge on any atom is 0.0693 e. The Bertz CT molecular complexity index is 397. The monoisotopic (exact) mass is 298 g/mol. The summed E-state index contributed by atoms with van der Waals surface area (Å²) in [6.07, 6.45) is 0.865. The zero-order chi connectivity index (χ0) is 12.4. The molecule has 1 heterocycles. The van der Waals surface area contributed by atoms with Crippen LogP contribution in [0.25, 0.3) is 0 Å². The van der Waals surface area contributed by atoms with E-state index in [1.54, 1.807) is 0 Å². The van der Waals surface area contributed by atoms with Gasteiger partial charge < -0.3 is 10.8 Å². The van der Waals surface area contributed by atoms with Gasteiger partial charge in [-0.3, -0.25) is 4.90 Å². The maximum absolute atomic E-state index is 9.85. The number of likely N-dealkylation sites (tertiary alicyclic amines) is 1. The molecule has 1 aliphatic rings. The fraction of sp³-hybridized carbons (Fsp3) is 0.538. The lowest BCUT2D eigenvalue weighted by Crippen LogP contribution is -2.42. The van der Waals surface area contributed by atoms with Crippen molar-refractivity contribution in [2.45, 2.75) is 26.0 Å². The van der Waals surface area contributed by atoms with E-state index in [1.165, 1.54) is 5.56 Å². The maximum atomic E-state index is 9.85. The van der Waals surface area contributed by atoms with Crippen LogP contribution in [-0.2, 0) is 6.54 Å². The van der Waals surface area contributed by atoms with E-state index in [-0.39, 0.29) is 6.10 Å². The van der Waals surface area contributed by atoms with Crippen LogP contribution in [0, 0.1) is 5.92 Å². The van der Waals surface area contributed by atoms with Crippen molar-refractivity contribution < 1.29 is 5.11 Å². The number of β-amino-alcohol motifs (C(OH)–C–C–N with tert-alkyl or cyclic N) is 1. The summed E-state index contributed by atoms with van der Waals surface area (Å²) in [5.74, 6) is 0.418. The number of nitrogens with zero attached hydrogens (tertiary/aromatic N) is 1. The Balaban J connectivity index is 1.99. The zero-order valence-electron chi connectivity index (χ0n) is 10.1. The van der Waals surface area contributed by atoms with Crippen molar-refractivity contribution in [1.29, 1.82) is 0 Å². The Hall–Kier alpha value is -0.580. The van der Waals surface area contributed by atoms with Crippen LogP contribution in [0.2, 0.25) is 0 Å². The van der Waals surface area contributed by atoms with Crippen molar-refractivity contribution >= 4 is 21.6 Å². The molecule has 1 aliphatic heterocycles. The summed E-state index contributed by atoms with van der Waals surface area (Å²) in [6, 6.07) is 6.05. The van der Waals surface area contributed by atoms with Gasteiger partial charge in [0.1, 0.15) is 0 Å². The van der Waals surface area contributed by atoms with E-state index in [4.69, 9.17) is 5.73 Å². The van der Waals surface area contributed by atoms with Crippen LogP contribution in [0.5, 0.6) is 0 Å². The summed E-state index contributed by atoms with van der Waals surface area (Å²) in [5.41, 5.74) is 7.83. The largest absolute Gasteiger partial charge is 0.398 e. The Labute approximate surface area is 111 Å². The van der Waals surface area contributed by atoms with Crippen LogP contribution in [0.15, 0.2) is 22.7 Å². The van der Waals surface area contributed by atoms with E-state index in [1.807, 2.05) is 12.1 Å². The van der Waals surface area contributed by atoms with Crippen LogP contribution in [0.4, 0.5) is 5.69 Å². The molecule has 2 unspecified atom stereocenters. The van der Waals surface area contributed by atoms with Gasteiger partial charge in [0.2, 0.25) is 0 Å². The van der Waals surface area contributed by atoms with Crippen LogP contribution in [-0.4, -0.2) is 29.2 Å². The van der Waals surface area contributed by atoms with Gasteiger partial charge in [-0.1, -0.05) is 13.0 Å². The molecule has 0 spiro atoms. The summed E-state index contributed by atoms with van der Waals surface area (Å²) < 4.78 is 0.938. The smallest absolute Gasteiger partial charge is 0.0693 e. The second kappa shape index (κ2) is 5.38. The lowest BCUT2D eigenvalue weighted by Gasteiger charge is -2.34. The standard InChI is InChI=1S/C13H19BrN2O/c1-9-4-5-16(8-13(9)17)7-10-2-3-11(14)12(15)6-10/h2-3,6,9,13,17H,4-5,7-8,15H2,1H3. The summed E-state index contributed by atoms with van der Waals surface area (Å²) >= 11 is 3.39. The van der Waals surface area contributed by atoms with E-state index in [2.05, 4.69) is 33.8 Å². The third-order valence-electron chi connectivity index (χ3n) is 3.47.